The van der Waals surface area contributed by atoms with Crippen molar-refractivity contribution in [2.24, 2.45) is 0 Å². The summed E-state index contributed by atoms with van der Waals surface area (Å²) in [5.74, 6) is 1.06. The van der Waals surface area contributed by atoms with E-state index in [-0.39, 0.29) is 0 Å². The van der Waals surface area contributed by atoms with Gasteiger partial charge in [0.2, 0.25) is 0 Å². The van der Waals surface area contributed by atoms with Crippen LogP contribution in [0, 0.1) is 6.92 Å². The molecule has 1 aliphatic rings. The Hall–Kier alpha value is -2.36. The first-order chi connectivity index (χ1) is 13.2. The van der Waals surface area contributed by atoms with Crippen LogP contribution >= 0.6 is 11.6 Å². The first-order valence-corrected chi connectivity index (χ1v) is 9.83. The Kier molecular flexibility index (Phi) is 5.42. The molecule has 138 valence electrons. The second kappa shape index (κ2) is 8.12. The van der Waals surface area contributed by atoms with Crippen molar-refractivity contribution in [3.8, 4) is 0 Å². The number of halogens is 1. The number of fused-ring (bicyclic) bond motifs is 1. The van der Waals surface area contributed by atoms with Gasteiger partial charge in [0.05, 0.1) is 5.52 Å². The van der Waals surface area contributed by atoms with Crippen LogP contribution in [-0.4, -0.2) is 42.6 Å². The van der Waals surface area contributed by atoms with Gasteiger partial charge in [0.1, 0.15) is 5.82 Å². The second-order valence-electron chi connectivity index (χ2n) is 7.06. The maximum atomic E-state index is 6.15. The van der Waals surface area contributed by atoms with Crippen molar-refractivity contribution in [1.29, 1.82) is 0 Å². The van der Waals surface area contributed by atoms with Crippen molar-refractivity contribution in [2.75, 3.05) is 37.6 Å². The predicted molar refractivity (Wildman–Crippen MR) is 116 cm³/mol. The molecule has 1 aromatic heterocycles. The molecular formula is C23H24ClN3. The average molecular weight is 378 g/mol. The lowest BCUT2D eigenvalue weighted by Crippen LogP contribution is -2.46. The molecular weight excluding hydrogens is 354 g/mol. The van der Waals surface area contributed by atoms with Crippen LogP contribution in [0.25, 0.3) is 17.0 Å². The molecule has 1 fully saturated rings. The molecule has 0 aliphatic carbocycles. The zero-order valence-electron chi connectivity index (χ0n) is 15.6. The monoisotopic (exact) mass is 377 g/mol. The number of rotatable bonds is 4. The van der Waals surface area contributed by atoms with E-state index in [1.807, 2.05) is 18.2 Å². The number of nitrogens with zero attached hydrogens (tertiary/aromatic N) is 3. The van der Waals surface area contributed by atoms with Crippen molar-refractivity contribution in [3.63, 3.8) is 0 Å². The number of hydrogen-bond acceptors (Lipinski definition) is 3. The highest BCUT2D eigenvalue weighted by Crippen LogP contribution is 2.25. The largest absolute Gasteiger partial charge is 0.354 e. The van der Waals surface area contributed by atoms with E-state index in [9.17, 15) is 0 Å². The minimum absolute atomic E-state index is 0.738. The summed E-state index contributed by atoms with van der Waals surface area (Å²) in [7, 11) is 0. The molecule has 0 spiro atoms. The van der Waals surface area contributed by atoms with Gasteiger partial charge in [-0.05, 0) is 36.2 Å². The van der Waals surface area contributed by atoms with Gasteiger partial charge in [0.15, 0.2) is 0 Å². The number of piperazine rings is 1. The van der Waals surface area contributed by atoms with E-state index in [1.54, 1.807) is 0 Å². The van der Waals surface area contributed by atoms with Gasteiger partial charge in [0.25, 0.3) is 0 Å². The Morgan fingerprint density at radius 1 is 1.00 bits per heavy atom. The third-order valence-corrected chi connectivity index (χ3v) is 5.37. The van der Waals surface area contributed by atoms with Crippen LogP contribution in [0.1, 0.15) is 11.1 Å². The van der Waals surface area contributed by atoms with Crippen molar-refractivity contribution in [1.82, 2.24) is 9.88 Å². The summed E-state index contributed by atoms with van der Waals surface area (Å²) in [6, 6.07) is 18.6. The summed E-state index contributed by atoms with van der Waals surface area (Å²) in [6.07, 6.45) is 4.45. The first-order valence-electron chi connectivity index (χ1n) is 9.45. The standard InChI is InChI=1S/C23H24ClN3/c1-18-16-23(25-22-17-20(24)9-10-21(18)22)27-14-12-26(13-15-27)11-5-8-19-6-3-2-4-7-19/h2-10,16-17H,11-15H2,1H3/b8-5+. The molecule has 0 bridgehead atoms. The van der Waals surface area contributed by atoms with Crippen molar-refractivity contribution < 1.29 is 0 Å². The van der Waals surface area contributed by atoms with E-state index < -0.39 is 0 Å². The Bertz CT molecular complexity index is 944. The number of aromatic nitrogens is 1. The molecule has 4 heteroatoms. The molecule has 27 heavy (non-hydrogen) atoms. The van der Waals surface area contributed by atoms with E-state index in [1.165, 1.54) is 16.5 Å². The van der Waals surface area contributed by atoms with Crippen LogP contribution < -0.4 is 4.90 Å². The molecule has 0 radical (unpaired) electrons. The highest BCUT2D eigenvalue weighted by atomic mass is 35.5. The van der Waals surface area contributed by atoms with Crippen LogP contribution in [-0.2, 0) is 0 Å². The van der Waals surface area contributed by atoms with Crippen LogP contribution in [0.2, 0.25) is 5.02 Å². The number of pyridine rings is 1. The second-order valence-corrected chi connectivity index (χ2v) is 7.50. The summed E-state index contributed by atoms with van der Waals surface area (Å²) in [4.78, 5) is 9.72. The average Bonchev–Trinajstić information content (AvgIpc) is 2.69. The molecule has 0 unspecified atom stereocenters. The molecule has 0 amide bonds. The highest BCUT2D eigenvalue weighted by molar-refractivity contribution is 6.31. The van der Waals surface area contributed by atoms with E-state index >= 15 is 0 Å². The Morgan fingerprint density at radius 3 is 2.56 bits per heavy atom. The summed E-state index contributed by atoms with van der Waals surface area (Å²) in [5, 5.41) is 1.91. The molecule has 1 aliphatic heterocycles. The van der Waals surface area contributed by atoms with E-state index in [0.717, 1.165) is 49.1 Å². The fourth-order valence-corrected chi connectivity index (χ4v) is 3.75. The van der Waals surface area contributed by atoms with Gasteiger partial charge in [-0.3, -0.25) is 4.90 Å². The summed E-state index contributed by atoms with van der Waals surface area (Å²) in [5.41, 5.74) is 3.48. The maximum absolute atomic E-state index is 6.15. The summed E-state index contributed by atoms with van der Waals surface area (Å²) in [6.45, 7) is 7.23. The lowest BCUT2D eigenvalue weighted by Gasteiger charge is -2.35. The molecule has 2 aromatic carbocycles. The molecule has 0 atom stereocenters. The zero-order valence-corrected chi connectivity index (χ0v) is 16.4. The van der Waals surface area contributed by atoms with Gasteiger partial charge in [-0.15, -0.1) is 0 Å². The molecule has 2 heterocycles. The topological polar surface area (TPSA) is 19.4 Å². The molecule has 3 nitrogen and oxygen atoms in total. The van der Waals surface area contributed by atoms with Crippen molar-refractivity contribution in [2.45, 2.75) is 6.92 Å². The van der Waals surface area contributed by atoms with Gasteiger partial charge < -0.3 is 4.90 Å². The first kappa shape index (κ1) is 18.0. The molecule has 4 rings (SSSR count). The Balaban J connectivity index is 1.39. The number of benzene rings is 2. The Morgan fingerprint density at radius 2 is 1.78 bits per heavy atom. The minimum Gasteiger partial charge on any atom is -0.354 e. The van der Waals surface area contributed by atoms with Gasteiger partial charge in [-0.25, -0.2) is 4.98 Å². The highest BCUT2D eigenvalue weighted by Gasteiger charge is 2.18. The fraction of sp³-hybridized carbons (Fsp3) is 0.261. The number of aryl methyl sites for hydroxylation is 1. The lowest BCUT2D eigenvalue weighted by molar-refractivity contribution is 0.284. The SMILES string of the molecule is Cc1cc(N2CCN(C/C=C/c3ccccc3)CC2)nc2cc(Cl)ccc12. The molecule has 0 saturated carbocycles. The van der Waals surface area contributed by atoms with E-state index in [0.29, 0.717) is 0 Å². The summed E-state index contributed by atoms with van der Waals surface area (Å²) >= 11 is 6.15. The van der Waals surface area contributed by atoms with E-state index in [4.69, 9.17) is 16.6 Å². The Labute approximate surface area is 165 Å². The lowest BCUT2D eigenvalue weighted by atomic mass is 10.1. The van der Waals surface area contributed by atoms with E-state index in [2.05, 4.69) is 65.3 Å². The predicted octanol–water partition coefficient (Wildman–Crippen LogP) is 5.03. The number of anilines is 1. The van der Waals surface area contributed by atoms with Crippen LogP contribution in [0.5, 0.6) is 0 Å². The van der Waals surface area contributed by atoms with Crippen LogP contribution in [0.15, 0.2) is 60.7 Å². The third-order valence-electron chi connectivity index (χ3n) is 5.13. The normalized spacial score (nSPS) is 15.7. The van der Waals surface area contributed by atoms with Gasteiger partial charge >= 0.3 is 0 Å². The van der Waals surface area contributed by atoms with Gasteiger partial charge in [-0.2, -0.15) is 0 Å². The minimum atomic E-state index is 0.738. The number of hydrogen-bond donors (Lipinski definition) is 0. The van der Waals surface area contributed by atoms with Gasteiger partial charge in [-0.1, -0.05) is 60.2 Å². The zero-order chi connectivity index (χ0) is 18.6. The summed E-state index contributed by atoms with van der Waals surface area (Å²) < 4.78 is 0. The molecule has 0 N–H and O–H groups in total. The molecule has 1 saturated heterocycles. The van der Waals surface area contributed by atoms with Crippen LogP contribution in [0.3, 0.4) is 0 Å². The maximum Gasteiger partial charge on any atom is 0.129 e. The van der Waals surface area contributed by atoms with Crippen molar-refractivity contribution in [3.05, 3.63) is 76.8 Å². The fourth-order valence-electron chi connectivity index (χ4n) is 3.58. The smallest absolute Gasteiger partial charge is 0.129 e. The quantitative estimate of drug-likeness (QED) is 0.635. The van der Waals surface area contributed by atoms with Crippen LogP contribution in [0.4, 0.5) is 5.82 Å². The van der Waals surface area contributed by atoms with Gasteiger partial charge in [0, 0.05) is 43.1 Å². The molecule has 3 aromatic rings. The third kappa shape index (κ3) is 4.32. The van der Waals surface area contributed by atoms with Crippen molar-refractivity contribution >= 4 is 34.4 Å².